The van der Waals surface area contributed by atoms with Gasteiger partial charge in [0.15, 0.2) is 0 Å². The van der Waals surface area contributed by atoms with Crippen molar-refractivity contribution in [3.63, 3.8) is 0 Å². The summed E-state index contributed by atoms with van der Waals surface area (Å²) in [6.45, 7) is 2.57. The number of aryl methyl sites for hydroxylation is 1. The average molecular weight is 327 g/mol. The molecule has 0 saturated carbocycles. The fourth-order valence-electron chi connectivity index (χ4n) is 2.33. The van der Waals surface area contributed by atoms with Crippen LogP contribution in [0.4, 0.5) is 0 Å². The lowest BCUT2D eigenvalue weighted by atomic mass is 10.1. The Bertz CT molecular complexity index is 754. The maximum absolute atomic E-state index is 12.6. The Labute approximate surface area is 138 Å². The number of hydrogen-bond donors (Lipinski definition) is 1. The molecule has 0 aliphatic carbocycles. The number of hydrogen-bond acceptors (Lipinski definition) is 5. The molecule has 0 spiro atoms. The maximum Gasteiger partial charge on any atom is 0.245 e. The topological polar surface area (TPSA) is 72.7 Å². The van der Waals surface area contributed by atoms with Gasteiger partial charge in [0, 0.05) is 11.3 Å². The molecule has 6 nitrogen and oxygen atoms in total. The molecule has 1 aromatic carbocycles. The van der Waals surface area contributed by atoms with Gasteiger partial charge in [-0.1, -0.05) is 30.3 Å². The SMILES string of the molecule is Cc1ccsc1CNC(=O)C(Cc1ccccc1)n1cnnn1. The van der Waals surface area contributed by atoms with Crippen molar-refractivity contribution in [2.45, 2.75) is 25.9 Å². The van der Waals surface area contributed by atoms with E-state index in [4.69, 9.17) is 0 Å². The molecule has 2 aromatic heterocycles. The molecular weight excluding hydrogens is 310 g/mol. The summed E-state index contributed by atoms with van der Waals surface area (Å²) in [6.07, 6.45) is 2.02. The summed E-state index contributed by atoms with van der Waals surface area (Å²) in [7, 11) is 0. The van der Waals surface area contributed by atoms with Gasteiger partial charge < -0.3 is 5.32 Å². The first-order valence-electron chi connectivity index (χ1n) is 7.31. The molecule has 118 valence electrons. The highest BCUT2D eigenvalue weighted by Gasteiger charge is 2.22. The Morgan fingerprint density at radius 2 is 2.13 bits per heavy atom. The molecule has 0 saturated heterocycles. The summed E-state index contributed by atoms with van der Waals surface area (Å²) in [4.78, 5) is 13.8. The van der Waals surface area contributed by atoms with Crippen LogP contribution in [0.3, 0.4) is 0 Å². The average Bonchev–Trinajstić information content (AvgIpc) is 3.23. The zero-order valence-corrected chi connectivity index (χ0v) is 13.5. The number of carbonyl (C=O) groups excluding carboxylic acids is 1. The highest BCUT2D eigenvalue weighted by Crippen LogP contribution is 2.17. The van der Waals surface area contributed by atoms with Crippen LogP contribution in [0.1, 0.15) is 22.0 Å². The predicted octanol–water partition coefficient (Wildman–Crippen LogP) is 2.14. The van der Waals surface area contributed by atoms with Crippen molar-refractivity contribution in [1.82, 2.24) is 25.5 Å². The van der Waals surface area contributed by atoms with Crippen LogP contribution in [0.5, 0.6) is 0 Å². The lowest BCUT2D eigenvalue weighted by Crippen LogP contribution is -2.33. The second-order valence-electron chi connectivity index (χ2n) is 5.24. The number of aromatic nitrogens is 4. The third-order valence-electron chi connectivity index (χ3n) is 3.65. The van der Waals surface area contributed by atoms with E-state index in [0.717, 1.165) is 10.4 Å². The van der Waals surface area contributed by atoms with Crippen molar-refractivity contribution in [2.75, 3.05) is 0 Å². The van der Waals surface area contributed by atoms with E-state index in [9.17, 15) is 4.79 Å². The smallest absolute Gasteiger partial charge is 0.245 e. The molecule has 3 aromatic rings. The molecule has 1 N–H and O–H groups in total. The van der Waals surface area contributed by atoms with E-state index in [1.807, 2.05) is 42.6 Å². The van der Waals surface area contributed by atoms with Gasteiger partial charge in [0.05, 0.1) is 6.54 Å². The fraction of sp³-hybridized carbons (Fsp3) is 0.250. The lowest BCUT2D eigenvalue weighted by Gasteiger charge is -2.16. The highest BCUT2D eigenvalue weighted by molar-refractivity contribution is 7.10. The molecule has 1 atom stereocenters. The Hall–Kier alpha value is -2.54. The summed E-state index contributed by atoms with van der Waals surface area (Å²) in [5.41, 5.74) is 2.26. The van der Waals surface area contributed by atoms with Crippen LogP contribution in [-0.4, -0.2) is 26.1 Å². The monoisotopic (exact) mass is 327 g/mol. The number of rotatable bonds is 6. The van der Waals surface area contributed by atoms with E-state index in [-0.39, 0.29) is 5.91 Å². The molecule has 1 unspecified atom stereocenters. The molecule has 7 heteroatoms. The van der Waals surface area contributed by atoms with Crippen LogP contribution in [0, 0.1) is 6.92 Å². The van der Waals surface area contributed by atoms with Crippen molar-refractivity contribution in [1.29, 1.82) is 0 Å². The first-order chi connectivity index (χ1) is 11.2. The standard InChI is InChI=1S/C16H17N5OS/c1-12-7-8-23-15(12)10-17-16(22)14(21-11-18-19-20-21)9-13-5-3-2-4-6-13/h2-8,11,14H,9-10H2,1H3,(H,17,22). The van der Waals surface area contributed by atoms with Crippen LogP contribution in [-0.2, 0) is 17.8 Å². The quantitative estimate of drug-likeness (QED) is 0.753. The number of nitrogens with one attached hydrogen (secondary N) is 1. The van der Waals surface area contributed by atoms with Crippen LogP contribution in [0.25, 0.3) is 0 Å². The van der Waals surface area contributed by atoms with Crippen LogP contribution in [0.2, 0.25) is 0 Å². The highest BCUT2D eigenvalue weighted by atomic mass is 32.1. The summed E-state index contributed by atoms with van der Waals surface area (Å²) in [5, 5.41) is 16.2. The second-order valence-corrected chi connectivity index (χ2v) is 6.24. The van der Waals surface area contributed by atoms with Crippen molar-refractivity contribution in [3.05, 3.63) is 64.1 Å². The van der Waals surface area contributed by atoms with Gasteiger partial charge in [-0.3, -0.25) is 4.79 Å². The number of carbonyl (C=O) groups is 1. The molecule has 1 amide bonds. The normalized spacial score (nSPS) is 12.0. The van der Waals surface area contributed by atoms with Crippen molar-refractivity contribution >= 4 is 17.2 Å². The van der Waals surface area contributed by atoms with Gasteiger partial charge in [0.1, 0.15) is 12.4 Å². The minimum absolute atomic E-state index is 0.0889. The first kappa shape index (κ1) is 15.4. The molecule has 0 aliphatic rings. The van der Waals surface area contributed by atoms with Crippen LogP contribution in [0.15, 0.2) is 48.1 Å². The van der Waals surface area contributed by atoms with E-state index in [0.29, 0.717) is 13.0 Å². The van der Waals surface area contributed by atoms with Gasteiger partial charge in [0.25, 0.3) is 0 Å². The Morgan fingerprint density at radius 1 is 1.30 bits per heavy atom. The van der Waals surface area contributed by atoms with Gasteiger partial charge in [0.2, 0.25) is 5.91 Å². The lowest BCUT2D eigenvalue weighted by molar-refractivity contribution is -0.124. The number of nitrogens with zero attached hydrogens (tertiary/aromatic N) is 4. The molecule has 0 bridgehead atoms. The number of amides is 1. The zero-order chi connectivity index (χ0) is 16.1. The van der Waals surface area contributed by atoms with Gasteiger partial charge in [-0.05, 0) is 39.9 Å². The second kappa shape index (κ2) is 7.15. The van der Waals surface area contributed by atoms with E-state index < -0.39 is 6.04 Å². The summed E-state index contributed by atoms with van der Waals surface area (Å²) in [5.74, 6) is -0.0889. The minimum Gasteiger partial charge on any atom is -0.349 e. The van der Waals surface area contributed by atoms with E-state index >= 15 is 0 Å². The molecule has 3 rings (SSSR count). The number of tetrazole rings is 1. The summed E-state index contributed by atoms with van der Waals surface area (Å²) in [6, 6.07) is 11.4. The third-order valence-corrected chi connectivity index (χ3v) is 4.67. The maximum atomic E-state index is 12.6. The summed E-state index contributed by atoms with van der Waals surface area (Å²) < 4.78 is 1.50. The Kier molecular flexibility index (Phi) is 4.77. The van der Waals surface area contributed by atoms with Gasteiger partial charge in [-0.25, -0.2) is 4.68 Å². The summed E-state index contributed by atoms with van der Waals surface area (Å²) >= 11 is 1.64. The Balaban J connectivity index is 1.72. The zero-order valence-electron chi connectivity index (χ0n) is 12.7. The molecule has 23 heavy (non-hydrogen) atoms. The van der Waals surface area contributed by atoms with Gasteiger partial charge in [-0.2, -0.15) is 0 Å². The van der Waals surface area contributed by atoms with Crippen LogP contribution >= 0.6 is 11.3 Å². The van der Waals surface area contributed by atoms with E-state index in [1.165, 1.54) is 16.6 Å². The Morgan fingerprint density at radius 3 is 2.78 bits per heavy atom. The predicted molar refractivity (Wildman–Crippen MR) is 87.9 cm³/mol. The van der Waals surface area contributed by atoms with Gasteiger partial charge in [-0.15, -0.1) is 16.4 Å². The van der Waals surface area contributed by atoms with Crippen LogP contribution < -0.4 is 5.32 Å². The molecule has 0 aliphatic heterocycles. The fourth-order valence-corrected chi connectivity index (χ4v) is 3.17. The van der Waals surface area contributed by atoms with Gasteiger partial charge >= 0.3 is 0 Å². The number of benzene rings is 1. The molecule has 0 fully saturated rings. The largest absolute Gasteiger partial charge is 0.349 e. The minimum atomic E-state index is -0.465. The molecular formula is C16H17N5OS. The van der Waals surface area contributed by atoms with E-state index in [1.54, 1.807) is 11.3 Å². The van der Waals surface area contributed by atoms with Crippen molar-refractivity contribution in [3.8, 4) is 0 Å². The van der Waals surface area contributed by atoms with Crippen molar-refractivity contribution < 1.29 is 4.79 Å². The molecule has 2 heterocycles. The molecule has 0 radical (unpaired) electrons. The number of thiophene rings is 1. The van der Waals surface area contributed by atoms with Crippen molar-refractivity contribution in [2.24, 2.45) is 0 Å². The first-order valence-corrected chi connectivity index (χ1v) is 8.19. The third kappa shape index (κ3) is 3.81. The van der Waals surface area contributed by atoms with E-state index in [2.05, 4.69) is 26.9 Å².